The number of nitrogens with one attached hydrogen (secondary N) is 2. The number of imide groups is 1. The first-order valence-corrected chi connectivity index (χ1v) is 8.51. The van der Waals surface area contributed by atoms with E-state index in [4.69, 9.17) is 10.5 Å². The van der Waals surface area contributed by atoms with E-state index >= 15 is 0 Å². The molecule has 4 N–H and O–H groups in total. The maximum atomic E-state index is 11.7. The van der Waals surface area contributed by atoms with E-state index in [-0.39, 0.29) is 0 Å². The number of hydrogen-bond donors (Lipinski definition) is 3. The van der Waals surface area contributed by atoms with Crippen molar-refractivity contribution in [2.24, 2.45) is 11.7 Å². The summed E-state index contributed by atoms with van der Waals surface area (Å²) in [7, 11) is 0. The zero-order chi connectivity index (χ0) is 17.5. The van der Waals surface area contributed by atoms with Crippen LogP contribution in [0.3, 0.4) is 0 Å². The lowest BCUT2D eigenvalue weighted by Crippen LogP contribution is -2.43. The minimum absolute atomic E-state index is 0.339. The molecule has 0 bridgehead atoms. The molecule has 2 rings (SSSR count). The first kappa shape index (κ1) is 18.3. The van der Waals surface area contributed by atoms with Crippen molar-refractivity contribution >= 4 is 17.6 Å². The van der Waals surface area contributed by atoms with Gasteiger partial charge in [0, 0.05) is 5.69 Å². The zero-order valence-corrected chi connectivity index (χ0v) is 14.4. The molecule has 0 aliphatic heterocycles. The van der Waals surface area contributed by atoms with E-state index in [1.165, 1.54) is 12.8 Å². The van der Waals surface area contributed by atoms with Gasteiger partial charge in [-0.2, -0.15) is 0 Å². The fourth-order valence-corrected chi connectivity index (χ4v) is 3.04. The largest absolute Gasteiger partial charge is 0.374 e. The molecule has 0 unspecified atom stereocenters. The van der Waals surface area contributed by atoms with Crippen molar-refractivity contribution in [2.45, 2.75) is 58.3 Å². The van der Waals surface area contributed by atoms with Crippen LogP contribution in [0.4, 0.5) is 10.5 Å². The molecule has 0 radical (unpaired) electrons. The highest BCUT2D eigenvalue weighted by Crippen LogP contribution is 2.26. The van der Waals surface area contributed by atoms with Crippen molar-refractivity contribution in [3.05, 3.63) is 29.8 Å². The van der Waals surface area contributed by atoms with Crippen molar-refractivity contribution < 1.29 is 14.3 Å². The molecule has 0 heterocycles. The lowest BCUT2D eigenvalue weighted by molar-refractivity contribution is -0.120. The Bertz CT molecular complexity index is 576. The van der Waals surface area contributed by atoms with Gasteiger partial charge in [-0.15, -0.1) is 0 Å². The summed E-state index contributed by atoms with van der Waals surface area (Å²) in [6.45, 7) is 4.51. The molecule has 3 atom stereocenters. The Morgan fingerprint density at radius 2 is 2.17 bits per heavy atom. The van der Waals surface area contributed by atoms with Gasteiger partial charge in [-0.1, -0.05) is 31.9 Å². The van der Waals surface area contributed by atoms with Crippen LogP contribution >= 0.6 is 0 Å². The molecule has 6 nitrogen and oxygen atoms in total. The first-order valence-electron chi connectivity index (χ1n) is 8.51. The molecule has 3 amide bonds. The SMILES string of the molecule is C[C@@H]1CCC[C@@H](OCc2cccc(N[C@@H](C)C(=O)NC(N)=O)c2)C1. The Balaban J connectivity index is 1.86. The summed E-state index contributed by atoms with van der Waals surface area (Å²) in [5, 5.41) is 5.12. The van der Waals surface area contributed by atoms with Crippen LogP contribution in [0.2, 0.25) is 0 Å². The summed E-state index contributed by atoms with van der Waals surface area (Å²) in [5.41, 5.74) is 6.82. The number of urea groups is 1. The summed E-state index contributed by atoms with van der Waals surface area (Å²) in [4.78, 5) is 22.4. The summed E-state index contributed by atoms with van der Waals surface area (Å²) < 4.78 is 6.03. The molecule has 0 spiro atoms. The van der Waals surface area contributed by atoms with Crippen molar-refractivity contribution in [2.75, 3.05) is 5.32 Å². The molecular formula is C18H27N3O3. The van der Waals surface area contributed by atoms with Crippen LogP contribution in [0.15, 0.2) is 24.3 Å². The molecule has 1 aliphatic carbocycles. The Hall–Kier alpha value is -2.08. The zero-order valence-electron chi connectivity index (χ0n) is 14.4. The van der Waals surface area contributed by atoms with Gasteiger partial charge >= 0.3 is 6.03 Å². The third kappa shape index (κ3) is 5.85. The van der Waals surface area contributed by atoms with E-state index in [2.05, 4.69) is 17.6 Å². The molecule has 132 valence electrons. The van der Waals surface area contributed by atoms with E-state index in [9.17, 15) is 9.59 Å². The second-order valence-corrected chi connectivity index (χ2v) is 6.62. The number of benzene rings is 1. The maximum Gasteiger partial charge on any atom is 0.318 e. The van der Waals surface area contributed by atoms with Gasteiger partial charge in [0.1, 0.15) is 6.04 Å². The molecule has 1 aromatic carbocycles. The summed E-state index contributed by atoms with van der Waals surface area (Å²) in [6.07, 6.45) is 5.13. The third-order valence-corrected chi connectivity index (χ3v) is 4.32. The van der Waals surface area contributed by atoms with Gasteiger partial charge in [-0.05, 0) is 43.4 Å². The van der Waals surface area contributed by atoms with Gasteiger partial charge in [0.15, 0.2) is 0 Å². The normalized spacial score (nSPS) is 21.8. The Morgan fingerprint density at radius 3 is 2.88 bits per heavy atom. The Labute approximate surface area is 143 Å². The Morgan fingerprint density at radius 1 is 1.38 bits per heavy atom. The minimum Gasteiger partial charge on any atom is -0.374 e. The van der Waals surface area contributed by atoms with Gasteiger partial charge in [0.25, 0.3) is 0 Å². The summed E-state index contributed by atoms with van der Waals surface area (Å²) >= 11 is 0. The number of rotatable bonds is 6. The number of carbonyl (C=O) groups excluding carboxylic acids is 2. The molecular weight excluding hydrogens is 306 g/mol. The van der Waals surface area contributed by atoms with Crippen LogP contribution in [0.5, 0.6) is 0 Å². The molecule has 24 heavy (non-hydrogen) atoms. The number of nitrogens with two attached hydrogens (primary N) is 1. The number of anilines is 1. The fraction of sp³-hybridized carbons (Fsp3) is 0.556. The fourth-order valence-electron chi connectivity index (χ4n) is 3.04. The van der Waals surface area contributed by atoms with Gasteiger partial charge in [0.2, 0.25) is 5.91 Å². The predicted octanol–water partition coefficient (Wildman–Crippen LogP) is 2.78. The van der Waals surface area contributed by atoms with Crippen molar-refractivity contribution in [1.82, 2.24) is 5.32 Å². The van der Waals surface area contributed by atoms with Gasteiger partial charge in [-0.3, -0.25) is 10.1 Å². The van der Waals surface area contributed by atoms with Crippen LogP contribution in [0.25, 0.3) is 0 Å². The number of primary amides is 1. The number of carbonyl (C=O) groups is 2. The van der Waals surface area contributed by atoms with E-state index in [1.807, 2.05) is 24.3 Å². The smallest absolute Gasteiger partial charge is 0.318 e. The van der Waals surface area contributed by atoms with E-state index in [1.54, 1.807) is 6.92 Å². The van der Waals surface area contributed by atoms with Crippen molar-refractivity contribution in [1.29, 1.82) is 0 Å². The van der Waals surface area contributed by atoms with E-state index in [0.29, 0.717) is 12.7 Å². The molecule has 0 saturated heterocycles. The first-order chi connectivity index (χ1) is 11.4. The quantitative estimate of drug-likeness (QED) is 0.746. The number of amides is 3. The lowest BCUT2D eigenvalue weighted by atomic mass is 9.89. The number of ether oxygens (including phenoxy) is 1. The van der Waals surface area contributed by atoms with E-state index in [0.717, 1.165) is 30.0 Å². The molecule has 1 fully saturated rings. The lowest BCUT2D eigenvalue weighted by Gasteiger charge is -2.26. The highest BCUT2D eigenvalue weighted by atomic mass is 16.5. The average Bonchev–Trinajstić information content (AvgIpc) is 2.53. The highest BCUT2D eigenvalue weighted by Gasteiger charge is 2.19. The van der Waals surface area contributed by atoms with Gasteiger partial charge in [-0.25, -0.2) is 4.79 Å². The third-order valence-electron chi connectivity index (χ3n) is 4.32. The van der Waals surface area contributed by atoms with Gasteiger partial charge < -0.3 is 15.8 Å². The van der Waals surface area contributed by atoms with Crippen LogP contribution < -0.4 is 16.4 Å². The van der Waals surface area contributed by atoms with Crippen LogP contribution in [-0.2, 0) is 16.1 Å². The summed E-state index contributed by atoms with van der Waals surface area (Å²) in [5.74, 6) is 0.279. The maximum absolute atomic E-state index is 11.7. The van der Waals surface area contributed by atoms with Crippen molar-refractivity contribution in [3.63, 3.8) is 0 Å². The standard InChI is InChI=1S/C18H27N3O3/c1-12-5-3-8-16(9-12)24-11-14-6-4-7-15(10-14)20-13(2)17(22)21-18(19)23/h4,6-7,10,12-13,16,20H,3,5,8-9,11H2,1-2H3,(H3,19,21,22,23)/t12-,13+,16-/m1/s1. The molecule has 1 aliphatic rings. The second-order valence-electron chi connectivity index (χ2n) is 6.62. The highest BCUT2D eigenvalue weighted by molar-refractivity contribution is 5.97. The van der Waals surface area contributed by atoms with E-state index < -0.39 is 18.0 Å². The second kappa shape index (κ2) is 8.68. The monoisotopic (exact) mass is 333 g/mol. The molecule has 0 aromatic heterocycles. The van der Waals surface area contributed by atoms with Gasteiger partial charge in [0.05, 0.1) is 12.7 Å². The predicted molar refractivity (Wildman–Crippen MR) is 93.5 cm³/mol. The average molecular weight is 333 g/mol. The van der Waals surface area contributed by atoms with Crippen molar-refractivity contribution in [3.8, 4) is 0 Å². The molecule has 1 aromatic rings. The molecule has 1 saturated carbocycles. The summed E-state index contributed by atoms with van der Waals surface area (Å²) in [6, 6.07) is 6.35. The van der Waals surface area contributed by atoms with Crippen LogP contribution in [0, 0.1) is 5.92 Å². The molecule has 6 heteroatoms. The Kier molecular flexibility index (Phi) is 6.61. The number of hydrogen-bond acceptors (Lipinski definition) is 4. The minimum atomic E-state index is -0.850. The van der Waals surface area contributed by atoms with Crippen LogP contribution in [0.1, 0.15) is 45.1 Å². The van der Waals surface area contributed by atoms with Crippen LogP contribution in [-0.4, -0.2) is 24.1 Å². The topological polar surface area (TPSA) is 93.4 Å².